The average Bonchev–Trinajstić information content (AvgIpc) is 2.53. The molecule has 0 aromatic carbocycles. The number of aliphatic carboxylic acids is 1. The van der Waals surface area contributed by atoms with Gasteiger partial charge in [-0.05, 0) is 25.7 Å². The zero-order valence-electron chi connectivity index (χ0n) is 14.3. The van der Waals surface area contributed by atoms with E-state index in [4.69, 9.17) is 28.0 Å². The molecule has 0 rings (SSSR count). The number of rotatable bonds is 12. The summed E-state index contributed by atoms with van der Waals surface area (Å²) in [6, 6.07) is -1.89. The number of amides is 1. The molecule has 144 valence electrons. The van der Waals surface area contributed by atoms with Crippen LogP contribution in [-0.4, -0.2) is 61.2 Å². The van der Waals surface area contributed by atoms with Crippen LogP contribution in [0.3, 0.4) is 0 Å². The summed E-state index contributed by atoms with van der Waals surface area (Å²) in [5, 5.41) is 11.6. The molecule has 0 aliphatic rings. The van der Waals surface area contributed by atoms with Crippen LogP contribution < -0.4 is 33.7 Å². The Kier molecular flexibility index (Phi) is 11.4. The second-order valence-corrected chi connectivity index (χ2v) is 5.17. The fraction of sp³-hybridized carbons (Fsp3) is 0.692. The highest BCUT2D eigenvalue weighted by Crippen LogP contribution is 2.01. The van der Waals surface area contributed by atoms with E-state index < -0.39 is 24.0 Å². The van der Waals surface area contributed by atoms with Crippen LogP contribution in [0.1, 0.15) is 25.7 Å². The van der Waals surface area contributed by atoms with Gasteiger partial charge in [0.25, 0.3) is 0 Å². The molecule has 0 heterocycles. The minimum absolute atomic E-state index is 0.0677. The summed E-state index contributed by atoms with van der Waals surface area (Å²) in [5.41, 5.74) is 23.9. The highest BCUT2D eigenvalue weighted by Gasteiger charge is 2.22. The number of hydrogen-bond acceptors (Lipinski definition) is 6. The molecule has 0 aliphatic heterocycles. The van der Waals surface area contributed by atoms with E-state index in [1.807, 2.05) is 0 Å². The van der Waals surface area contributed by atoms with Crippen molar-refractivity contribution >= 4 is 23.8 Å². The highest BCUT2D eigenvalue weighted by molar-refractivity contribution is 5.86. The summed E-state index contributed by atoms with van der Waals surface area (Å²) in [5.74, 6) is -1.64. The molecule has 0 fully saturated rings. The number of carbonyl (C=O) groups is 2. The van der Waals surface area contributed by atoms with Gasteiger partial charge in [-0.15, -0.1) is 0 Å². The number of guanidine groups is 2. The number of carboxylic acid groups (broad SMARTS) is 1. The summed E-state index contributed by atoms with van der Waals surface area (Å²) < 4.78 is 0. The Morgan fingerprint density at radius 2 is 1.72 bits per heavy atom. The predicted molar refractivity (Wildman–Crippen MR) is 93.3 cm³/mol. The lowest BCUT2D eigenvalue weighted by molar-refractivity contribution is -0.142. The molecule has 12 nitrogen and oxygen atoms in total. The molecule has 0 unspecified atom stereocenters. The van der Waals surface area contributed by atoms with E-state index in [0.29, 0.717) is 25.8 Å². The molecule has 11 N–H and O–H groups in total. The fourth-order valence-electron chi connectivity index (χ4n) is 1.82. The molecule has 2 atom stereocenters. The number of carboxylic acids is 1. The first-order valence-corrected chi connectivity index (χ1v) is 7.71. The zero-order valence-corrected chi connectivity index (χ0v) is 14.3. The molecule has 0 aromatic rings. The molecular weight excluding hydrogens is 332 g/mol. The van der Waals surface area contributed by atoms with E-state index in [9.17, 15) is 9.59 Å². The Morgan fingerprint density at radius 3 is 2.28 bits per heavy atom. The molecule has 1 amide bonds. The summed E-state index contributed by atoms with van der Waals surface area (Å²) in [4.78, 5) is 35.4. The molecule has 0 spiro atoms. The topological polar surface area (TPSA) is 216 Å². The number of nitrogens with one attached hydrogen (secondary N) is 2. The van der Waals surface area contributed by atoms with Crippen LogP contribution in [0.25, 0.3) is 0 Å². The van der Waals surface area contributed by atoms with Gasteiger partial charge in [0.2, 0.25) is 11.9 Å². The molecule has 0 aliphatic carbocycles. The van der Waals surface area contributed by atoms with Gasteiger partial charge in [0.1, 0.15) is 6.04 Å². The van der Waals surface area contributed by atoms with Gasteiger partial charge in [-0.1, -0.05) is 0 Å². The first kappa shape index (κ1) is 22.4. The number of nitrogens with two attached hydrogens (primary N) is 4. The van der Waals surface area contributed by atoms with Gasteiger partial charge in [-0.3, -0.25) is 19.6 Å². The lowest BCUT2D eigenvalue weighted by Crippen LogP contribution is -2.48. The van der Waals surface area contributed by atoms with Crippen molar-refractivity contribution in [1.82, 2.24) is 10.8 Å². The molecule has 0 aromatic heterocycles. The lowest BCUT2D eigenvalue weighted by Gasteiger charge is -2.17. The third-order valence-electron chi connectivity index (χ3n) is 3.06. The van der Waals surface area contributed by atoms with Crippen LogP contribution in [-0.2, 0) is 14.4 Å². The molecule has 25 heavy (non-hydrogen) atoms. The first-order chi connectivity index (χ1) is 11.8. The third kappa shape index (κ3) is 11.6. The van der Waals surface area contributed by atoms with Gasteiger partial charge in [0.15, 0.2) is 5.96 Å². The van der Waals surface area contributed by atoms with Crippen molar-refractivity contribution in [3.8, 4) is 0 Å². The SMILES string of the molecule is CONC(N)=NCCC[C@H](N)C(=O)N[C@@H](CCCN=C(N)N)C(=O)O. The van der Waals surface area contributed by atoms with Crippen LogP contribution >= 0.6 is 0 Å². The van der Waals surface area contributed by atoms with Crippen LogP contribution in [0.4, 0.5) is 0 Å². The minimum atomic E-state index is -1.15. The van der Waals surface area contributed by atoms with Crippen LogP contribution in [0, 0.1) is 0 Å². The molecule has 0 radical (unpaired) electrons. The maximum atomic E-state index is 12.0. The number of aliphatic imine (C=N–C) groups is 2. The molecular formula is C13H28N8O4. The Labute approximate surface area is 146 Å². The summed E-state index contributed by atoms with van der Waals surface area (Å²) in [7, 11) is 1.40. The Balaban J connectivity index is 4.24. The van der Waals surface area contributed by atoms with Crippen molar-refractivity contribution < 1.29 is 19.5 Å². The molecule has 12 heteroatoms. The van der Waals surface area contributed by atoms with E-state index in [-0.39, 0.29) is 24.9 Å². The predicted octanol–water partition coefficient (Wildman–Crippen LogP) is -2.82. The van der Waals surface area contributed by atoms with E-state index >= 15 is 0 Å². The van der Waals surface area contributed by atoms with E-state index in [0.717, 1.165) is 0 Å². The van der Waals surface area contributed by atoms with Crippen molar-refractivity contribution in [2.24, 2.45) is 32.9 Å². The molecule has 0 saturated heterocycles. The van der Waals surface area contributed by atoms with E-state index in [2.05, 4.69) is 25.6 Å². The van der Waals surface area contributed by atoms with Crippen molar-refractivity contribution in [3.63, 3.8) is 0 Å². The standard InChI is InChI=1S/C13H28N8O4/c1-25-21-13(17)19-7-2-4-8(14)10(22)20-9(11(23)24)5-3-6-18-12(15)16/h8-9H,2-7,14H2,1H3,(H,20,22)(H,23,24)(H4,15,16,18)(H3,17,19,21)/t8-,9-/m0/s1. The van der Waals surface area contributed by atoms with Gasteiger partial charge in [-0.25, -0.2) is 10.3 Å². The molecule has 0 bridgehead atoms. The summed E-state index contributed by atoms with van der Waals surface area (Å²) in [6.45, 7) is 0.632. The maximum Gasteiger partial charge on any atom is 0.326 e. The second-order valence-electron chi connectivity index (χ2n) is 5.17. The molecule has 0 saturated carbocycles. The highest BCUT2D eigenvalue weighted by atomic mass is 16.6. The van der Waals surface area contributed by atoms with E-state index in [1.54, 1.807) is 0 Å². The minimum Gasteiger partial charge on any atom is -0.480 e. The summed E-state index contributed by atoms with van der Waals surface area (Å²) >= 11 is 0. The van der Waals surface area contributed by atoms with Crippen molar-refractivity contribution in [2.45, 2.75) is 37.8 Å². The number of carbonyl (C=O) groups excluding carboxylic acids is 1. The van der Waals surface area contributed by atoms with Crippen molar-refractivity contribution in [2.75, 3.05) is 20.2 Å². The van der Waals surface area contributed by atoms with Gasteiger partial charge in [0.05, 0.1) is 13.2 Å². The van der Waals surface area contributed by atoms with Crippen molar-refractivity contribution in [1.29, 1.82) is 0 Å². The lowest BCUT2D eigenvalue weighted by atomic mass is 10.1. The maximum absolute atomic E-state index is 12.0. The normalized spacial score (nSPS) is 13.6. The second kappa shape index (κ2) is 12.8. The third-order valence-corrected chi connectivity index (χ3v) is 3.06. The van der Waals surface area contributed by atoms with Crippen LogP contribution in [0.5, 0.6) is 0 Å². The van der Waals surface area contributed by atoms with Gasteiger partial charge in [0, 0.05) is 13.1 Å². The van der Waals surface area contributed by atoms with E-state index in [1.165, 1.54) is 7.11 Å². The quantitative estimate of drug-likeness (QED) is 0.0825. The first-order valence-electron chi connectivity index (χ1n) is 7.71. The number of nitrogens with zero attached hydrogens (tertiary/aromatic N) is 2. The number of hydrogen-bond donors (Lipinski definition) is 7. The Hall–Kier alpha value is -2.60. The van der Waals surface area contributed by atoms with Gasteiger partial charge >= 0.3 is 5.97 Å². The zero-order chi connectivity index (χ0) is 19.2. The Morgan fingerprint density at radius 1 is 1.12 bits per heavy atom. The largest absolute Gasteiger partial charge is 0.480 e. The van der Waals surface area contributed by atoms with Gasteiger partial charge < -0.3 is 33.4 Å². The van der Waals surface area contributed by atoms with Crippen LogP contribution in [0.2, 0.25) is 0 Å². The van der Waals surface area contributed by atoms with Crippen LogP contribution in [0.15, 0.2) is 9.98 Å². The average molecular weight is 360 g/mol. The smallest absolute Gasteiger partial charge is 0.326 e. The fourth-order valence-corrected chi connectivity index (χ4v) is 1.82. The summed E-state index contributed by atoms with van der Waals surface area (Å²) in [6.07, 6.45) is 1.43. The van der Waals surface area contributed by atoms with Gasteiger partial charge in [-0.2, -0.15) is 0 Å². The van der Waals surface area contributed by atoms with Crippen molar-refractivity contribution in [3.05, 3.63) is 0 Å². The number of hydroxylamine groups is 1. The Bertz CT molecular complexity index is 479. The monoisotopic (exact) mass is 360 g/mol.